The SMILES string of the molecule is FC(F)(F)c1ccc(-c2cnc(CC3CCNC3)[nH]2)cc1. The average Bonchev–Trinajstić information content (AvgIpc) is 3.10. The number of rotatable bonds is 3. The van der Waals surface area contributed by atoms with Gasteiger partial charge in [-0.2, -0.15) is 13.2 Å². The maximum absolute atomic E-state index is 12.5. The first-order valence-corrected chi connectivity index (χ1v) is 6.94. The van der Waals surface area contributed by atoms with Gasteiger partial charge in [0.15, 0.2) is 0 Å². The quantitative estimate of drug-likeness (QED) is 0.912. The Labute approximate surface area is 120 Å². The van der Waals surface area contributed by atoms with Crippen LogP contribution in [0.15, 0.2) is 30.5 Å². The Morgan fingerprint density at radius 3 is 2.57 bits per heavy atom. The minimum Gasteiger partial charge on any atom is -0.342 e. The number of benzene rings is 1. The van der Waals surface area contributed by atoms with E-state index in [0.29, 0.717) is 11.5 Å². The van der Waals surface area contributed by atoms with E-state index in [1.807, 2.05) is 0 Å². The second-order valence-corrected chi connectivity index (χ2v) is 5.38. The van der Waals surface area contributed by atoms with Crippen molar-refractivity contribution in [2.24, 2.45) is 5.92 Å². The highest BCUT2D eigenvalue weighted by Crippen LogP contribution is 2.30. The van der Waals surface area contributed by atoms with Crippen molar-refractivity contribution in [3.8, 4) is 11.3 Å². The minimum atomic E-state index is -4.30. The number of aromatic amines is 1. The summed E-state index contributed by atoms with van der Waals surface area (Å²) in [5.41, 5.74) is 0.832. The lowest BCUT2D eigenvalue weighted by atomic mass is 10.1. The molecule has 21 heavy (non-hydrogen) atoms. The summed E-state index contributed by atoms with van der Waals surface area (Å²) in [6, 6.07) is 5.13. The third kappa shape index (κ3) is 3.26. The summed E-state index contributed by atoms with van der Waals surface area (Å²) in [5, 5.41) is 3.30. The molecule has 1 unspecified atom stereocenters. The Morgan fingerprint density at radius 1 is 1.19 bits per heavy atom. The van der Waals surface area contributed by atoms with E-state index in [0.717, 1.165) is 49.6 Å². The van der Waals surface area contributed by atoms with E-state index in [9.17, 15) is 13.2 Å². The van der Waals surface area contributed by atoms with E-state index in [1.165, 1.54) is 12.1 Å². The molecule has 3 rings (SSSR count). The highest BCUT2D eigenvalue weighted by atomic mass is 19.4. The first-order valence-electron chi connectivity index (χ1n) is 6.94. The zero-order chi connectivity index (χ0) is 14.9. The van der Waals surface area contributed by atoms with Crippen LogP contribution in [0.1, 0.15) is 17.8 Å². The van der Waals surface area contributed by atoms with Gasteiger partial charge in [0.1, 0.15) is 5.82 Å². The van der Waals surface area contributed by atoms with Crippen LogP contribution in [0, 0.1) is 5.92 Å². The number of halogens is 3. The van der Waals surface area contributed by atoms with Crippen LogP contribution in [0.2, 0.25) is 0 Å². The summed E-state index contributed by atoms with van der Waals surface area (Å²) in [6.45, 7) is 2.04. The number of aromatic nitrogens is 2. The Balaban J connectivity index is 1.73. The van der Waals surface area contributed by atoms with Crippen molar-refractivity contribution in [3.63, 3.8) is 0 Å². The molecule has 0 aliphatic carbocycles. The van der Waals surface area contributed by atoms with Gasteiger partial charge in [-0.25, -0.2) is 4.98 Å². The van der Waals surface area contributed by atoms with E-state index in [4.69, 9.17) is 0 Å². The Kier molecular flexibility index (Phi) is 3.71. The van der Waals surface area contributed by atoms with Crippen LogP contribution in [0.25, 0.3) is 11.3 Å². The van der Waals surface area contributed by atoms with E-state index in [2.05, 4.69) is 15.3 Å². The fourth-order valence-electron chi connectivity index (χ4n) is 2.61. The molecule has 0 spiro atoms. The summed E-state index contributed by atoms with van der Waals surface area (Å²) in [6.07, 6.45) is -0.614. The normalized spacial score (nSPS) is 19.1. The molecule has 0 radical (unpaired) electrons. The molecule has 1 fully saturated rings. The lowest BCUT2D eigenvalue weighted by Crippen LogP contribution is -2.11. The van der Waals surface area contributed by atoms with Crippen LogP contribution in [0.4, 0.5) is 13.2 Å². The number of hydrogen-bond donors (Lipinski definition) is 2. The first-order chi connectivity index (χ1) is 10.0. The van der Waals surface area contributed by atoms with Crippen LogP contribution >= 0.6 is 0 Å². The number of imidazole rings is 1. The van der Waals surface area contributed by atoms with Gasteiger partial charge < -0.3 is 10.3 Å². The molecule has 1 aliphatic rings. The maximum atomic E-state index is 12.5. The van der Waals surface area contributed by atoms with Crippen LogP contribution in [-0.4, -0.2) is 23.1 Å². The molecule has 1 aromatic carbocycles. The minimum absolute atomic E-state index is 0.580. The van der Waals surface area contributed by atoms with Gasteiger partial charge in [-0.1, -0.05) is 12.1 Å². The number of nitrogens with zero attached hydrogens (tertiary/aromatic N) is 1. The smallest absolute Gasteiger partial charge is 0.342 e. The highest BCUT2D eigenvalue weighted by Gasteiger charge is 2.30. The summed E-state index contributed by atoms with van der Waals surface area (Å²) in [7, 11) is 0. The summed E-state index contributed by atoms with van der Waals surface area (Å²) in [5.74, 6) is 1.47. The highest BCUT2D eigenvalue weighted by molar-refractivity contribution is 5.59. The fourth-order valence-corrected chi connectivity index (χ4v) is 2.61. The molecular formula is C15H16F3N3. The van der Waals surface area contributed by atoms with Crippen LogP contribution in [-0.2, 0) is 12.6 Å². The van der Waals surface area contributed by atoms with Crippen molar-refractivity contribution in [1.82, 2.24) is 15.3 Å². The summed E-state index contributed by atoms with van der Waals surface area (Å²) in [4.78, 5) is 7.52. The molecule has 2 aromatic rings. The summed E-state index contributed by atoms with van der Waals surface area (Å²) < 4.78 is 37.6. The van der Waals surface area contributed by atoms with Gasteiger partial charge in [-0.3, -0.25) is 0 Å². The molecule has 1 saturated heterocycles. The maximum Gasteiger partial charge on any atom is 0.416 e. The van der Waals surface area contributed by atoms with E-state index >= 15 is 0 Å². The van der Waals surface area contributed by atoms with Gasteiger partial charge in [0.2, 0.25) is 0 Å². The number of alkyl halides is 3. The molecule has 1 aromatic heterocycles. The third-order valence-electron chi connectivity index (χ3n) is 3.80. The van der Waals surface area contributed by atoms with Crippen LogP contribution in [0.5, 0.6) is 0 Å². The van der Waals surface area contributed by atoms with E-state index < -0.39 is 11.7 Å². The van der Waals surface area contributed by atoms with Gasteiger partial charge >= 0.3 is 6.18 Å². The van der Waals surface area contributed by atoms with Crippen molar-refractivity contribution < 1.29 is 13.2 Å². The van der Waals surface area contributed by atoms with Gasteiger partial charge in [-0.15, -0.1) is 0 Å². The molecule has 0 bridgehead atoms. The summed E-state index contributed by atoms with van der Waals surface area (Å²) >= 11 is 0. The molecule has 1 atom stereocenters. The van der Waals surface area contributed by atoms with Crippen LogP contribution in [0.3, 0.4) is 0 Å². The zero-order valence-corrected chi connectivity index (χ0v) is 11.4. The van der Waals surface area contributed by atoms with Gasteiger partial charge in [0.25, 0.3) is 0 Å². The topological polar surface area (TPSA) is 40.7 Å². The number of nitrogens with one attached hydrogen (secondary N) is 2. The predicted molar refractivity (Wildman–Crippen MR) is 73.7 cm³/mol. The zero-order valence-electron chi connectivity index (χ0n) is 11.4. The molecule has 1 aliphatic heterocycles. The Hall–Kier alpha value is -1.82. The molecule has 6 heteroatoms. The monoisotopic (exact) mass is 295 g/mol. The second-order valence-electron chi connectivity index (χ2n) is 5.38. The van der Waals surface area contributed by atoms with Gasteiger partial charge in [0, 0.05) is 6.42 Å². The first kappa shape index (κ1) is 14.1. The predicted octanol–water partition coefficient (Wildman–Crippen LogP) is 3.25. The second kappa shape index (κ2) is 5.52. The van der Waals surface area contributed by atoms with Crippen LogP contribution < -0.4 is 5.32 Å². The largest absolute Gasteiger partial charge is 0.416 e. The lowest BCUT2D eigenvalue weighted by Gasteiger charge is -2.07. The van der Waals surface area contributed by atoms with E-state index in [-0.39, 0.29) is 0 Å². The van der Waals surface area contributed by atoms with Crippen molar-refractivity contribution in [3.05, 3.63) is 41.9 Å². The third-order valence-corrected chi connectivity index (χ3v) is 3.80. The van der Waals surface area contributed by atoms with Crippen molar-refractivity contribution in [2.75, 3.05) is 13.1 Å². The molecule has 0 saturated carbocycles. The Bertz CT molecular complexity index is 595. The van der Waals surface area contributed by atoms with Crippen molar-refractivity contribution in [2.45, 2.75) is 19.0 Å². The molecule has 0 amide bonds. The molecule has 2 N–H and O–H groups in total. The standard InChI is InChI=1S/C15H16F3N3/c16-15(17,18)12-3-1-11(2-4-12)13-9-20-14(21-13)7-10-5-6-19-8-10/h1-4,9-10,19H,5-8H2,(H,20,21). The molecular weight excluding hydrogens is 279 g/mol. The van der Waals surface area contributed by atoms with Gasteiger partial charge in [-0.05, 0) is 43.1 Å². The van der Waals surface area contributed by atoms with Gasteiger partial charge in [0.05, 0.1) is 17.5 Å². The molecule has 3 nitrogen and oxygen atoms in total. The van der Waals surface area contributed by atoms with Crippen molar-refractivity contribution in [1.29, 1.82) is 0 Å². The molecule has 2 heterocycles. The number of hydrogen-bond acceptors (Lipinski definition) is 2. The fraction of sp³-hybridized carbons (Fsp3) is 0.400. The number of H-pyrrole nitrogens is 1. The molecule has 112 valence electrons. The van der Waals surface area contributed by atoms with Crippen molar-refractivity contribution >= 4 is 0 Å². The lowest BCUT2D eigenvalue weighted by molar-refractivity contribution is -0.137. The van der Waals surface area contributed by atoms with E-state index in [1.54, 1.807) is 6.20 Å². The average molecular weight is 295 g/mol. The Morgan fingerprint density at radius 2 is 1.95 bits per heavy atom.